The summed E-state index contributed by atoms with van der Waals surface area (Å²) in [5, 5.41) is 0. The second kappa shape index (κ2) is 6.67. The van der Waals surface area contributed by atoms with E-state index in [0.717, 1.165) is 33.9 Å². The van der Waals surface area contributed by atoms with Gasteiger partial charge in [0.15, 0.2) is 0 Å². The minimum Gasteiger partial charge on any atom is -0.351 e. The van der Waals surface area contributed by atoms with Crippen molar-refractivity contribution in [3.05, 3.63) is 46.0 Å². The van der Waals surface area contributed by atoms with Crippen LogP contribution in [0.25, 0.3) is 0 Å². The highest BCUT2D eigenvalue weighted by molar-refractivity contribution is 5.97. The molecule has 1 aliphatic heterocycles. The maximum atomic E-state index is 12.8. The smallest absolute Gasteiger partial charge is 0.255 e. The predicted molar refractivity (Wildman–Crippen MR) is 102 cm³/mol. The zero-order valence-corrected chi connectivity index (χ0v) is 16.6. The number of amides is 2. The highest BCUT2D eigenvalue weighted by Gasteiger charge is 2.28. The number of nitrogens with zero attached hydrogens (tertiary/aromatic N) is 4. The quantitative estimate of drug-likeness (QED) is 0.828. The highest BCUT2D eigenvalue weighted by Crippen LogP contribution is 2.19. The lowest BCUT2D eigenvalue weighted by atomic mass is 10.1. The third-order valence-corrected chi connectivity index (χ3v) is 5.87. The lowest BCUT2D eigenvalue weighted by molar-refractivity contribution is 0.0534. The molecule has 0 radical (unpaired) electrons. The fraction of sp³-hybridized carbons (Fsp3) is 0.500. The molecule has 6 nitrogen and oxygen atoms in total. The Kier molecular flexibility index (Phi) is 4.69. The minimum absolute atomic E-state index is 0.0602. The fourth-order valence-corrected chi connectivity index (χ4v) is 3.60. The molecule has 1 aliphatic rings. The van der Waals surface area contributed by atoms with Gasteiger partial charge in [-0.1, -0.05) is 0 Å². The summed E-state index contributed by atoms with van der Waals surface area (Å²) in [6.07, 6.45) is 0. The van der Waals surface area contributed by atoms with E-state index in [9.17, 15) is 9.59 Å². The van der Waals surface area contributed by atoms with Crippen molar-refractivity contribution in [1.29, 1.82) is 0 Å². The van der Waals surface area contributed by atoms with E-state index in [0.29, 0.717) is 26.2 Å². The summed E-state index contributed by atoms with van der Waals surface area (Å²) in [7, 11) is 3.95. The van der Waals surface area contributed by atoms with Gasteiger partial charge in [-0.2, -0.15) is 0 Å². The maximum absolute atomic E-state index is 12.8. The molecule has 0 unspecified atom stereocenters. The zero-order valence-electron chi connectivity index (χ0n) is 16.6. The van der Waals surface area contributed by atoms with Crippen LogP contribution in [0.3, 0.4) is 0 Å². The molecule has 26 heavy (non-hydrogen) atoms. The van der Waals surface area contributed by atoms with E-state index in [1.165, 1.54) is 0 Å². The molecule has 0 N–H and O–H groups in total. The molecule has 2 aromatic heterocycles. The third-order valence-electron chi connectivity index (χ3n) is 5.87. The summed E-state index contributed by atoms with van der Waals surface area (Å²) in [4.78, 5) is 29.4. The normalized spacial score (nSPS) is 14.8. The van der Waals surface area contributed by atoms with Gasteiger partial charge < -0.3 is 18.9 Å². The van der Waals surface area contributed by atoms with E-state index in [1.807, 2.05) is 72.9 Å². The Morgan fingerprint density at radius 2 is 1.00 bits per heavy atom. The fourth-order valence-electron chi connectivity index (χ4n) is 3.60. The van der Waals surface area contributed by atoms with Gasteiger partial charge in [0.2, 0.25) is 0 Å². The van der Waals surface area contributed by atoms with Crippen molar-refractivity contribution in [1.82, 2.24) is 18.9 Å². The summed E-state index contributed by atoms with van der Waals surface area (Å²) in [6, 6.07) is 3.90. The number of carbonyl (C=O) groups is 2. The predicted octanol–water partition coefficient (Wildman–Crippen LogP) is 2.20. The molecule has 0 aliphatic carbocycles. The molecule has 140 valence electrons. The van der Waals surface area contributed by atoms with E-state index >= 15 is 0 Å². The largest absolute Gasteiger partial charge is 0.351 e. The van der Waals surface area contributed by atoms with Crippen molar-refractivity contribution < 1.29 is 9.59 Å². The molecule has 3 rings (SSSR count). The average Bonchev–Trinajstić information content (AvgIpc) is 3.05. The summed E-state index contributed by atoms with van der Waals surface area (Å²) >= 11 is 0. The lowest BCUT2D eigenvalue weighted by Gasteiger charge is -2.34. The Bertz CT molecular complexity index is 795. The minimum atomic E-state index is 0.0602. The van der Waals surface area contributed by atoms with Crippen LogP contribution >= 0.6 is 0 Å². The number of hydrogen-bond acceptors (Lipinski definition) is 2. The lowest BCUT2D eigenvalue weighted by Crippen LogP contribution is -2.50. The van der Waals surface area contributed by atoms with Gasteiger partial charge in [-0.25, -0.2) is 0 Å². The summed E-state index contributed by atoms with van der Waals surface area (Å²) in [5.74, 6) is 0.120. The monoisotopic (exact) mass is 356 g/mol. The van der Waals surface area contributed by atoms with Gasteiger partial charge in [-0.15, -0.1) is 0 Å². The average molecular weight is 356 g/mol. The Hall–Kier alpha value is -2.50. The van der Waals surface area contributed by atoms with Gasteiger partial charge in [0, 0.05) is 63.1 Å². The first-order valence-corrected chi connectivity index (χ1v) is 9.06. The van der Waals surface area contributed by atoms with Crippen LogP contribution in [0.15, 0.2) is 12.1 Å². The Morgan fingerprint density at radius 1 is 0.692 bits per heavy atom. The molecule has 3 heterocycles. The second-order valence-corrected chi connectivity index (χ2v) is 7.27. The zero-order chi connectivity index (χ0) is 19.2. The van der Waals surface area contributed by atoms with Crippen molar-refractivity contribution >= 4 is 11.8 Å². The highest BCUT2D eigenvalue weighted by atomic mass is 16.2. The topological polar surface area (TPSA) is 50.5 Å². The van der Waals surface area contributed by atoms with Gasteiger partial charge in [0.05, 0.1) is 11.1 Å². The van der Waals surface area contributed by atoms with Crippen LogP contribution in [0.2, 0.25) is 0 Å². The molecular formula is C20H28N4O2. The van der Waals surface area contributed by atoms with Gasteiger partial charge in [0.25, 0.3) is 11.8 Å². The molecule has 0 saturated carbocycles. The van der Waals surface area contributed by atoms with Crippen LogP contribution in [-0.2, 0) is 14.1 Å². The molecule has 0 spiro atoms. The van der Waals surface area contributed by atoms with Crippen molar-refractivity contribution in [3.63, 3.8) is 0 Å². The van der Waals surface area contributed by atoms with Gasteiger partial charge >= 0.3 is 0 Å². The summed E-state index contributed by atoms with van der Waals surface area (Å²) < 4.78 is 4.07. The molecule has 6 heteroatoms. The molecule has 0 atom stereocenters. The molecule has 0 bridgehead atoms. The van der Waals surface area contributed by atoms with E-state index in [4.69, 9.17) is 0 Å². The van der Waals surface area contributed by atoms with E-state index < -0.39 is 0 Å². The Morgan fingerprint density at radius 3 is 1.23 bits per heavy atom. The Balaban J connectivity index is 1.69. The van der Waals surface area contributed by atoms with Crippen LogP contribution in [0.5, 0.6) is 0 Å². The van der Waals surface area contributed by atoms with E-state index in [2.05, 4.69) is 0 Å². The van der Waals surface area contributed by atoms with Crippen LogP contribution < -0.4 is 0 Å². The van der Waals surface area contributed by atoms with Crippen LogP contribution in [-0.4, -0.2) is 56.9 Å². The molecule has 0 aromatic carbocycles. The standard InChI is InChI=1S/C20H28N4O2/c1-13-11-17(15(3)21(13)5)19(25)23-7-9-24(10-8-23)20(26)18-12-14(2)22(6)16(18)4/h11-12H,7-10H2,1-6H3. The van der Waals surface area contributed by atoms with Gasteiger partial charge in [0.1, 0.15) is 0 Å². The van der Waals surface area contributed by atoms with Crippen LogP contribution in [0.1, 0.15) is 43.5 Å². The molecule has 2 aromatic rings. The van der Waals surface area contributed by atoms with Gasteiger partial charge in [-0.3, -0.25) is 9.59 Å². The molecule has 1 saturated heterocycles. The summed E-state index contributed by atoms with van der Waals surface area (Å²) in [6.45, 7) is 10.2. The van der Waals surface area contributed by atoms with Gasteiger partial charge in [-0.05, 0) is 39.8 Å². The second-order valence-electron chi connectivity index (χ2n) is 7.27. The first-order valence-electron chi connectivity index (χ1n) is 9.06. The SMILES string of the molecule is Cc1cc(C(=O)N2CCN(C(=O)c3cc(C)n(C)c3C)CC2)c(C)n1C. The van der Waals surface area contributed by atoms with Crippen LogP contribution in [0, 0.1) is 27.7 Å². The van der Waals surface area contributed by atoms with E-state index in [-0.39, 0.29) is 11.8 Å². The molecule has 1 fully saturated rings. The maximum Gasteiger partial charge on any atom is 0.255 e. The molecular weight excluding hydrogens is 328 g/mol. The number of rotatable bonds is 2. The van der Waals surface area contributed by atoms with Crippen molar-refractivity contribution in [2.45, 2.75) is 27.7 Å². The summed E-state index contributed by atoms with van der Waals surface area (Å²) in [5.41, 5.74) is 5.66. The number of piperazine rings is 1. The van der Waals surface area contributed by atoms with E-state index in [1.54, 1.807) is 0 Å². The van der Waals surface area contributed by atoms with Crippen LogP contribution in [0.4, 0.5) is 0 Å². The van der Waals surface area contributed by atoms with Crippen molar-refractivity contribution in [2.24, 2.45) is 14.1 Å². The third kappa shape index (κ3) is 2.93. The first-order chi connectivity index (χ1) is 12.2. The number of aryl methyl sites for hydroxylation is 2. The Labute approximate surface area is 155 Å². The van der Waals surface area contributed by atoms with Crippen molar-refractivity contribution in [2.75, 3.05) is 26.2 Å². The first kappa shape index (κ1) is 18.3. The number of aromatic nitrogens is 2. The molecule has 2 amide bonds. The number of hydrogen-bond donors (Lipinski definition) is 0. The number of carbonyl (C=O) groups excluding carboxylic acids is 2. The van der Waals surface area contributed by atoms with Crippen molar-refractivity contribution in [3.8, 4) is 0 Å².